The van der Waals surface area contributed by atoms with Gasteiger partial charge in [0.15, 0.2) is 11.6 Å². The molecule has 2 saturated heterocycles. The predicted molar refractivity (Wildman–Crippen MR) is 111 cm³/mol. The highest BCUT2D eigenvalue weighted by atomic mass is 19.1. The number of aliphatic hydroxyl groups is 1. The monoisotopic (exact) mass is 463 g/mol. The van der Waals surface area contributed by atoms with Gasteiger partial charge in [0, 0.05) is 23.2 Å². The first kappa shape index (κ1) is 22.1. The molecule has 2 aliphatic heterocycles. The number of ether oxygens (including phenoxy) is 3. The number of ketones is 1. The van der Waals surface area contributed by atoms with E-state index in [2.05, 4.69) is 6.07 Å². The first-order valence-electron chi connectivity index (χ1n) is 12.0. The van der Waals surface area contributed by atoms with Crippen LogP contribution in [-0.4, -0.2) is 58.5 Å². The molecule has 8 heteroatoms. The maximum absolute atomic E-state index is 17.3. The van der Waals surface area contributed by atoms with Crippen LogP contribution in [0.5, 0.6) is 0 Å². The quantitative estimate of drug-likeness (QED) is 0.600. The van der Waals surface area contributed by atoms with Crippen LogP contribution in [0.1, 0.15) is 59.8 Å². The fourth-order valence-electron chi connectivity index (χ4n) is 8.84. The minimum atomic E-state index is -2.09. The topological polar surface area (TPSA) is 92.1 Å². The zero-order chi connectivity index (χ0) is 23.8. The summed E-state index contributed by atoms with van der Waals surface area (Å²) in [7, 11) is 0. The number of rotatable bonds is 1. The van der Waals surface area contributed by atoms with Crippen LogP contribution in [0.3, 0.4) is 0 Å². The van der Waals surface area contributed by atoms with Gasteiger partial charge in [-0.2, -0.15) is 5.26 Å². The molecule has 180 valence electrons. The average Bonchev–Trinajstić information content (AvgIpc) is 3.43. The van der Waals surface area contributed by atoms with Crippen LogP contribution in [0.15, 0.2) is 11.6 Å². The standard InChI is InChI=1S/C25H31F2NO5/c1-20(2)32-19-9-14-15-8-17(26)16-7-13(29)5-6-21(16,3)24(15,27)18(30)10-22(14,4)25(19,33-20)23(11-28)12-31-23/h7,14-15,17-19,30H,5-6,8-10,12H2,1-4H3/t14-,15-,17-,18-,19+,21-,22-,23?,24-,25+/m0/s1. The van der Waals surface area contributed by atoms with Crippen molar-refractivity contribution in [3.05, 3.63) is 11.6 Å². The number of hydrogen-bond donors (Lipinski definition) is 1. The lowest BCUT2D eigenvalue weighted by molar-refractivity contribution is -0.266. The number of carbonyl (C=O) groups excluding carboxylic acids is 1. The van der Waals surface area contributed by atoms with E-state index in [-0.39, 0.29) is 49.6 Å². The lowest BCUT2D eigenvalue weighted by Gasteiger charge is -2.64. The number of nitrogens with zero attached hydrogens (tertiary/aromatic N) is 1. The van der Waals surface area contributed by atoms with Gasteiger partial charge in [-0.25, -0.2) is 8.78 Å². The largest absolute Gasteiger partial charge is 0.390 e. The fourth-order valence-corrected chi connectivity index (χ4v) is 8.84. The van der Waals surface area contributed by atoms with E-state index in [1.54, 1.807) is 20.8 Å². The van der Waals surface area contributed by atoms with Crippen molar-refractivity contribution >= 4 is 5.78 Å². The molecule has 0 spiro atoms. The Morgan fingerprint density at radius 1 is 1.21 bits per heavy atom. The van der Waals surface area contributed by atoms with Gasteiger partial charge in [0.05, 0.1) is 18.8 Å². The second-order valence-electron chi connectivity index (χ2n) is 12.0. The SMILES string of the molecule is CC1(C)O[C@@H]2C[C@H]3[C@@H]4C[C@H](F)C5=CC(=O)CC[C@]5(C)[C@@]4(F)[C@@H](O)C[C@]3(C)[C@]2(C2(C#N)CO2)O1. The molecule has 0 aromatic heterocycles. The molecule has 0 aromatic rings. The van der Waals surface area contributed by atoms with E-state index in [1.165, 1.54) is 6.08 Å². The van der Waals surface area contributed by atoms with Crippen LogP contribution < -0.4 is 0 Å². The molecule has 3 saturated carbocycles. The van der Waals surface area contributed by atoms with Crippen molar-refractivity contribution in [1.29, 1.82) is 5.26 Å². The first-order valence-corrected chi connectivity index (χ1v) is 12.0. The summed E-state index contributed by atoms with van der Waals surface area (Å²) in [4.78, 5) is 12.1. The molecule has 1 unspecified atom stereocenters. The zero-order valence-electron chi connectivity index (χ0n) is 19.5. The van der Waals surface area contributed by atoms with Gasteiger partial charge in [0.2, 0.25) is 5.60 Å². The number of alkyl halides is 2. The van der Waals surface area contributed by atoms with Crippen molar-refractivity contribution < 1.29 is 32.9 Å². The van der Waals surface area contributed by atoms with Gasteiger partial charge in [-0.05, 0) is 57.1 Å². The summed E-state index contributed by atoms with van der Waals surface area (Å²) in [6, 6.07) is 2.29. The van der Waals surface area contributed by atoms with E-state index in [0.29, 0.717) is 6.42 Å². The third-order valence-electron chi connectivity index (χ3n) is 10.2. The smallest absolute Gasteiger partial charge is 0.209 e. The van der Waals surface area contributed by atoms with Gasteiger partial charge in [-0.15, -0.1) is 0 Å². The van der Waals surface area contributed by atoms with Crippen LogP contribution in [-0.2, 0) is 19.0 Å². The molecule has 6 rings (SSSR count). The normalized spacial score (nSPS) is 58.4. The maximum Gasteiger partial charge on any atom is 0.209 e. The van der Waals surface area contributed by atoms with Gasteiger partial charge in [0.25, 0.3) is 0 Å². The van der Waals surface area contributed by atoms with Crippen LogP contribution in [0.4, 0.5) is 8.78 Å². The number of epoxide rings is 1. The van der Waals surface area contributed by atoms with Crippen LogP contribution in [0.25, 0.3) is 0 Å². The summed E-state index contributed by atoms with van der Waals surface area (Å²) in [5, 5.41) is 21.6. The highest BCUT2D eigenvalue weighted by Gasteiger charge is 2.86. The molecule has 6 nitrogen and oxygen atoms in total. The molecule has 0 amide bonds. The summed E-state index contributed by atoms with van der Waals surface area (Å²) < 4.78 is 51.5. The van der Waals surface area contributed by atoms with E-state index in [4.69, 9.17) is 14.2 Å². The summed E-state index contributed by atoms with van der Waals surface area (Å²) in [6.07, 6.45) is -1.49. The molecule has 4 aliphatic carbocycles. The Morgan fingerprint density at radius 3 is 2.55 bits per heavy atom. The van der Waals surface area contributed by atoms with Crippen molar-refractivity contribution in [1.82, 2.24) is 0 Å². The minimum absolute atomic E-state index is 0.0428. The van der Waals surface area contributed by atoms with Crippen molar-refractivity contribution in [2.24, 2.45) is 22.7 Å². The molecular weight excluding hydrogens is 432 g/mol. The van der Waals surface area contributed by atoms with Gasteiger partial charge < -0.3 is 19.3 Å². The van der Waals surface area contributed by atoms with E-state index in [9.17, 15) is 15.2 Å². The van der Waals surface area contributed by atoms with Crippen molar-refractivity contribution in [2.45, 2.75) is 101 Å². The second kappa shape index (κ2) is 6.04. The average molecular weight is 464 g/mol. The third kappa shape index (κ3) is 2.24. The number of hydrogen-bond acceptors (Lipinski definition) is 6. The predicted octanol–water partition coefficient (Wildman–Crippen LogP) is 3.32. The Morgan fingerprint density at radius 2 is 1.91 bits per heavy atom. The van der Waals surface area contributed by atoms with Crippen molar-refractivity contribution in [3.63, 3.8) is 0 Å². The highest BCUT2D eigenvalue weighted by molar-refractivity contribution is 5.92. The van der Waals surface area contributed by atoms with E-state index < -0.39 is 57.8 Å². The van der Waals surface area contributed by atoms with E-state index >= 15 is 8.78 Å². The van der Waals surface area contributed by atoms with Crippen molar-refractivity contribution in [2.75, 3.05) is 6.61 Å². The first-order chi connectivity index (χ1) is 15.3. The molecule has 0 radical (unpaired) electrons. The van der Waals surface area contributed by atoms with Crippen molar-refractivity contribution in [3.8, 4) is 6.07 Å². The van der Waals surface area contributed by atoms with Gasteiger partial charge in [0.1, 0.15) is 23.5 Å². The van der Waals surface area contributed by atoms with E-state index in [1.807, 2.05) is 6.92 Å². The number of nitriles is 1. The summed E-state index contributed by atoms with van der Waals surface area (Å²) in [6.45, 7) is 7.34. The number of carbonyl (C=O) groups is 1. The summed E-state index contributed by atoms with van der Waals surface area (Å²) in [5.41, 5.74) is -6.46. The number of halogens is 2. The fraction of sp³-hybridized carbons (Fsp3) is 0.840. The number of allylic oxidation sites excluding steroid dienone is 1. The Balaban J connectivity index is 1.51. The number of aliphatic hydroxyl groups excluding tert-OH is 1. The summed E-state index contributed by atoms with van der Waals surface area (Å²) in [5.74, 6) is -2.34. The molecule has 2 heterocycles. The Hall–Kier alpha value is -1.40. The maximum atomic E-state index is 17.3. The minimum Gasteiger partial charge on any atom is -0.390 e. The highest BCUT2D eigenvalue weighted by Crippen LogP contribution is 2.75. The molecule has 33 heavy (non-hydrogen) atoms. The molecular formula is C25H31F2NO5. The van der Waals surface area contributed by atoms with Crippen LogP contribution >= 0.6 is 0 Å². The molecule has 0 bridgehead atoms. The van der Waals surface area contributed by atoms with Crippen LogP contribution in [0.2, 0.25) is 0 Å². The Labute approximate surface area is 192 Å². The molecule has 5 fully saturated rings. The molecule has 1 N–H and O–H groups in total. The molecule has 10 atom stereocenters. The lowest BCUT2D eigenvalue weighted by atomic mass is 9.43. The van der Waals surface area contributed by atoms with Gasteiger partial charge >= 0.3 is 0 Å². The van der Waals surface area contributed by atoms with E-state index in [0.717, 1.165) is 0 Å². The Bertz CT molecular complexity index is 1020. The lowest BCUT2D eigenvalue weighted by Crippen LogP contribution is -2.72. The molecule has 6 aliphatic rings. The summed E-state index contributed by atoms with van der Waals surface area (Å²) >= 11 is 0. The molecule has 0 aromatic carbocycles. The zero-order valence-corrected chi connectivity index (χ0v) is 19.5. The Kier molecular flexibility index (Phi) is 4.05. The third-order valence-corrected chi connectivity index (χ3v) is 10.2. The van der Waals surface area contributed by atoms with Gasteiger partial charge in [-0.3, -0.25) is 4.79 Å². The second-order valence-corrected chi connectivity index (χ2v) is 12.0. The van der Waals surface area contributed by atoms with Crippen LogP contribution in [0, 0.1) is 34.0 Å². The number of fused-ring (bicyclic) bond motifs is 7. The van der Waals surface area contributed by atoms with Gasteiger partial charge in [-0.1, -0.05) is 13.8 Å².